The Morgan fingerprint density at radius 3 is 2.85 bits per heavy atom. The van der Waals surface area contributed by atoms with E-state index in [0.717, 1.165) is 34.3 Å². The maximum atomic E-state index is 10.9. The monoisotopic (exact) mass is 365 g/mol. The van der Waals surface area contributed by atoms with Gasteiger partial charge >= 0.3 is 0 Å². The molecule has 0 radical (unpaired) electrons. The summed E-state index contributed by atoms with van der Waals surface area (Å²) < 4.78 is 1.88. The van der Waals surface area contributed by atoms with E-state index in [-0.39, 0.29) is 5.69 Å². The quantitative estimate of drug-likeness (QED) is 0.395. The molecule has 8 heteroatoms. The topological polar surface area (TPSA) is 86.2 Å². The van der Waals surface area contributed by atoms with E-state index in [0.29, 0.717) is 11.7 Å². The molecule has 1 aliphatic rings. The Morgan fingerprint density at radius 1 is 1.27 bits per heavy atom. The second kappa shape index (κ2) is 5.57. The lowest BCUT2D eigenvalue weighted by Gasteiger charge is -2.17. The Kier molecular flexibility index (Phi) is 3.30. The molecule has 3 heterocycles. The van der Waals surface area contributed by atoms with Gasteiger partial charge in [0.15, 0.2) is 11.5 Å². The standard InChI is InChI=1S/C18H15N5O2S/c1-10-2-7-13-14(8-10)26-18-15(13)17-21-20-16(22(17)9-19-18)11-3-5-12(6-4-11)23(24)25/h3-6,9-10H,2,7-8H2,1H3/t10-/m1/s1. The van der Waals surface area contributed by atoms with Crippen molar-refractivity contribution in [2.24, 2.45) is 5.92 Å². The zero-order valence-electron chi connectivity index (χ0n) is 14.0. The van der Waals surface area contributed by atoms with Crippen LogP contribution in [0.1, 0.15) is 23.8 Å². The summed E-state index contributed by atoms with van der Waals surface area (Å²) in [6.07, 6.45) is 5.09. The lowest BCUT2D eigenvalue weighted by molar-refractivity contribution is -0.384. The highest BCUT2D eigenvalue weighted by molar-refractivity contribution is 7.19. The summed E-state index contributed by atoms with van der Waals surface area (Å²) in [4.78, 5) is 17.5. The van der Waals surface area contributed by atoms with E-state index in [9.17, 15) is 10.1 Å². The average Bonchev–Trinajstić information content (AvgIpc) is 3.21. The number of benzene rings is 1. The van der Waals surface area contributed by atoms with E-state index >= 15 is 0 Å². The third-order valence-electron chi connectivity index (χ3n) is 5.04. The van der Waals surface area contributed by atoms with E-state index in [4.69, 9.17) is 0 Å². The smallest absolute Gasteiger partial charge is 0.265 e. The van der Waals surface area contributed by atoms with Gasteiger partial charge in [0.05, 0.1) is 10.3 Å². The van der Waals surface area contributed by atoms with Crippen molar-refractivity contribution in [3.05, 3.63) is 51.1 Å². The van der Waals surface area contributed by atoms with Crippen molar-refractivity contribution in [2.75, 3.05) is 0 Å². The van der Waals surface area contributed by atoms with Crippen LogP contribution >= 0.6 is 11.3 Å². The maximum Gasteiger partial charge on any atom is 0.269 e. The van der Waals surface area contributed by atoms with Gasteiger partial charge in [0, 0.05) is 22.6 Å². The average molecular weight is 365 g/mol. The SMILES string of the molecule is C[C@@H]1CCc2c(sc3ncn4c(-c5ccc([N+](=O)[O-])cc5)nnc4c23)C1. The second-order valence-corrected chi connectivity index (χ2v) is 7.88. The largest absolute Gasteiger partial charge is 0.269 e. The van der Waals surface area contributed by atoms with Gasteiger partial charge < -0.3 is 0 Å². The number of nitro groups is 1. The zero-order chi connectivity index (χ0) is 17.8. The van der Waals surface area contributed by atoms with Crippen molar-refractivity contribution in [3.63, 3.8) is 0 Å². The number of thiophene rings is 1. The third kappa shape index (κ3) is 2.22. The van der Waals surface area contributed by atoms with E-state index < -0.39 is 4.92 Å². The van der Waals surface area contributed by atoms with Gasteiger partial charge in [0.2, 0.25) is 0 Å². The summed E-state index contributed by atoms with van der Waals surface area (Å²) in [5, 5.41) is 20.7. The molecule has 0 spiro atoms. The molecule has 0 amide bonds. The highest BCUT2D eigenvalue weighted by Gasteiger charge is 2.24. The van der Waals surface area contributed by atoms with Crippen molar-refractivity contribution in [1.29, 1.82) is 0 Å². The third-order valence-corrected chi connectivity index (χ3v) is 6.20. The fourth-order valence-electron chi connectivity index (χ4n) is 3.67. The minimum Gasteiger partial charge on any atom is -0.265 e. The van der Waals surface area contributed by atoms with Crippen molar-refractivity contribution < 1.29 is 4.92 Å². The molecule has 0 bridgehead atoms. The van der Waals surface area contributed by atoms with Gasteiger partial charge in [-0.05, 0) is 42.9 Å². The summed E-state index contributed by atoms with van der Waals surface area (Å²) in [5.41, 5.74) is 3.02. The molecule has 1 atom stereocenters. The Labute approximate surface area is 152 Å². The Morgan fingerprint density at radius 2 is 2.08 bits per heavy atom. The van der Waals surface area contributed by atoms with E-state index in [2.05, 4.69) is 22.1 Å². The number of hydrogen-bond donors (Lipinski definition) is 0. The molecule has 3 aromatic heterocycles. The molecule has 1 aromatic carbocycles. The lowest BCUT2D eigenvalue weighted by atomic mass is 9.89. The Bertz CT molecular complexity index is 1160. The Balaban J connectivity index is 1.69. The predicted molar refractivity (Wildman–Crippen MR) is 99.4 cm³/mol. The number of hydrogen-bond acceptors (Lipinski definition) is 6. The van der Waals surface area contributed by atoms with Crippen LogP contribution < -0.4 is 0 Å². The molecule has 0 saturated carbocycles. The molecule has 0 saturated heterocycles. The summed E-state index contributed by atoms with van der Waals surface area (Å²) in [7, 11) is 0. The number of non-ortho nitro benzene ring substituents is 1. The van der Waals surface area contributed by atoms with Gasteiger partial charge in [-0.1, -0.05) is 6.92 Å². The number of aromatic nitrogens is 4. The number of nitro benzene ring substituents is 1. The van der Waals surface area contributed by atoms with Gasteiger partial charge in [-0.2, -0.15) is 0 Å². The molecule has 5 rings (SSSR count). The maximum absolute atomic E-state index is 10.9. The normalized spacial score (nSPS) is 16.9. The number of aryl methyl sites for hydroxylation is 1. The molecule has 0 unspecified atom stereocenters. The number of nitrogens with zero attached hydrogens (tertiary/aromatic N) is 5. The Hall–Kier alpha value is -2.87. The molecule has 26 heavy (non-hydrogen) atoms. The van der Waals surface area contributed by atoms with Crippen molar-refractivity contribution in [1.82, 2.24) is 19.6 Å². The van der Waals surface area contributed by atoms with Crippen molar-refractivity contribution in [2.45, 2.75) is 26.2 Å². The molecule has 130 valence electrons. The van der Waals surface area contributed by atoms with Gasteiger partial charge in [0.25, 0.3) is 5.69 Å². The van der Waals surface area contributed by atoms with Crippen molar-refractivity contribution >= 4 is 32.9 Å². The zero-order valence-corrected chi connectivity index (χ0v) is 14.9. The van der Waals surface area contributed by atoms with Gasteiger partial charge in [-0.3, -0.25) is 14.5 Å². The van der Waals surface area contributed by atoms with Crippen LogP contribution in [0.15, 0.2) is 30.6 Å². The van der Waals surface area contributed by atoms with Gasteiger partial charge in [0.1, 0.15) is 11.2 Å². The summed E-state index contributed by atoms with van der Waals surface area (Å²) >= 11 is 1.76. The fraction of sp³-hybridized carbons (Fsp3) is 0.278. The van der Waals surface area contributed by atoms with Gasteiger partial charge in [-0.15, -0.1) is 21.5 Å². The summed E-state index contributed by atoms with van der Waals surface area (Å²) in [6, 6.07) is 6.36. The van der Waals surface area contributed by atoms with Crippen LogP contribution in [0.25, 0.3) is 27.3 Å². The van der Waals surface area contributed by atoms with Crippen molar-refractivity contribution in [3.8, 4) is 11.4 Å². The number of fused-ring (bicyclic) bond motifs is 5. The minimum absolute atomic E-state index is 0.0594. The highest BCUT2D eigenvalue weighted by atomic mass is 32.1. The predicted octanol–water partition coefficient (Wildman–Crippen LogP) is 4.04. The van der Waals surface area contributed by atoms with E-state index in [1.165, 1.54) is 29.0 Å². The minimum atomic E-state index is -0.407. The van der Waals surface area contributed by atoms with Crippen LogP contribution in [0.3, 0.4) is 0 Å². The van der Waals surface area contributed by atoms with Crippen LogP contribution in [0, 0.1) is 16.0 Å². The van der Waals surface area contributed by atoms with Crippen LogP contribution in [0.5, 0.6) is 0 Å². The molecule has 0 N–H and O–H groups in total. The van der Waals surface area contributed by atoms with Crippen LogP contribution in [0.4, 0.5) is 5.69 Å². The first-order chi connectivity index (χ1) is 12.6. The first kappa shape index (κ1) is 15.4. The number of rotatable bonds is 2. The molecular formula is C18H15N5O2S. The summed E-state index contributed by atoms with van der Waals surface area (Å²) in [6.45, 7) is 2.29. The van der Waals surface area contributed by atoms with Crippen LogP contribution in [-0.4, -0.2) is 24.5 Å². The fourth-order valence-corrected chi connectivity index (χ4v) is 5.01. The van der Waals surface area contributed by atoms with Crippen LogP contribution in [-0.2, 0) is 12.8 Å². The molecular weight excluding hydrogens is 350 g/mol. The molecule has 4 aromatic rings. The lowest BCUT2D eigenvalue weighted by Crippen LogP contribution is -2.08. The van der Waals surface area contributed by atoms with Crippen LogP contribution in [0.2, 0.25) is 0 Å². The first-order valence-corrected chi connectivity index (χ1v) is 9.32. The molecule has 0 aliphatic heterocycles. The molecule has 0 fully saturated rings. The highest BCUT2D eigenvalue weighted by Crippen LogP contribution is 2.39. The van der Waals surface area contributed by atoms with Gasteiger partial charge in [-0.25, -0.2) is 4.98 Å². The molecule has 1 aliphatic carbocycles. The van der Waals surface area contributed by atoms with E-state index in [1.54, 1.807) is 29.8 Å². The van der Waals surface area contributed by atoms with E-state index in [1.807, 2.05) is 4.40 Å². The molecule has 7 nitrogen and oxygen atoms in total. The first-order valence-electron chi connectivity index (χ1n) is 8.50. The summed E-state index contributed by atoms with van der Waals surface area (Å²) in [5.74, 6) is 1.36. The second-order valence-electron chi connectivity index (χ2n) is 6.80.